The zero-order valence-electron chi connectivity index (χ0n) is 14.2. The van der Waals surface area contributed by atoms with Crippen LogP contribution < -0.4 is 20.2 Å². The molecule has 25 heavy (non-hydrogen) atoms. The number of nitrogens with one attached hydrogen (secondary N) is 2. The van der Waals surface area contributed by atoms with Gasteiger partial charge in [0.2, 0.25) is 6.79 Å². The van der Waals surface area contributed by atoms with E-state index in [0.717, 1.165) is 34.8 Å². The topological polar surface area (TPSA) is 54.9 Å². The first-order valence-electron chi connectivity index (χ1n) is 9.27. The molecule has 0 amide bonds. The summed E-state index contributed by atoms with van der Waals surface area (Å²) >= 11 is 5.38. The van der Waals surface area contributed by atoms with E-state index in [0.29, 0.717) is 24.4 Å². The standard InChI is InChI=1S/C19H23N3O2S/c25-19(20-9-11-4-5-17-18(6-11)24-10-23-17)22-21-16-8-12-7-15(16)14-3-1-2-13(12)14/h4-6,12-15H,1-3,7-10H2,(H2,20,22,25). The van der Waals surface area contributed by atoms with E-state index in [9.17, 15) is 0 Å². The van der Waals surface area contributed by atoms with Gasteiger partial charge in [-0.1, -0.05) is 12.5 Å². The van der Waals surface area contributed by atoms with Gasteiger partial charge in [-0.2, -0.15) is 5.10 Å². The number of hydrazone groups is 1. The van der Waals surface area contributed by atoms with Gasteiger partial charge in [0.1, 0.15) is 0 Å². The molecule has 2 N–H and O–H groups in total. The van der Waals surface area contributed by atoms with Crippen LogP contribution in [0.25, 0.3) is 0 Å². The predicted molar refractivity (Wildman–Crippen MR) is 99.6 cm³/mol. The van der Waals surface area contributed by atoms with Crippen LogP contribution in [0.15, 0.2) is 23.3 Å². The van der Waals surface area contributed by atoms with Crippen molar-refractivity contribution < 1.29 is 9.47 Å². The van der Waals surface area contributed by atoms with E-state index >= 15 is 0 Å². The van der Waals surface area contributed by atoms with E-state index in [-0.39, 0.29) is 0 Å². The van der Waals surface area contributed by atoms with Crippen LogP contribution in [0.3, 0.4) is 0 Å². The van der Waals surface area contributed by atoms with Crippen LogP contribution >= 0.6 is 12.2 Å². The Morgan fingerprint density at radius 1 is 1.20 bits per heavy atom. The number of benzene rings is 1. The number of nitrogens with zero attached hydrogens (tertiary/aromatic N) is 1. The molecule has 1 aromatic rings. The molecule has 0 radical (unpaired) electrons. The number of fused-ring (bicyclic) bond motifs is 6. The van der Waals surface area contributed by atoms with Crippen LogP contribution in [0.4, 0.5) is 0 Å². The Hall–Kier alpha value is -1.82. The van der Waals surface area contributed by atoms with E-state index in [2.05, 4.69) is 15.8 Å². The molecule has 0 saturated heterocycles. The van der Waals surface area contributed by atoms with Crippen molar-refractivity contribution in [1.29, 1.82) is 0 Å². The highest BCUT2D eigenvalue weighted by molar-refractivity contribution is 7.80. The van der Waals surface area contributed by atoms with Crippen LogP contribution in [0.2, 0.25) is 0 Å². The fraction of sp³-hybridized carbons (Fsp3) is 0.579. The number of hydrogen-bond acceptors (Lipinski definition) is 4. The Labute approximate surface area is 153 Å². The first kappa shape index (κ1) is 15.4. The van der Waals surface area contributed by atoms with E-state index < -0.39 is 0 Å². The van der Waals surface area contributed by atoms with Crippen molar-refractivity contribution in [3.8, 4) is 11.5 Å². The maximum atomic E-state index is 5.40. The van der Waals surface area contributed by atoms with Gasteiger partial charge in [0.25, 0.3) is 0 Å². The molecule has 1 aliphatic heterocycles. The second-order valence-electron chi connectivity index (χ2n) is 7.65. The van der Waals surface area contributed by atoms with E-state index in [1.807, 2.05) is 18.2 Å². The molecule has 1 aromatic carbocycles. The van der Waals surface area contributed by atoms with E-state index in [4.69, 9.17) is 21.7 Å². The molecule has 3 fully saturated rings. The SMILES string of the molecule is S=C(NCc1ccc2c(c1)OCO2)NN=C1CC2CC1C1CCCC21. The van der Waals surface area contributed by atoms with Gasteiger partial charge >= 0.3 is 0 Å². The Morgan fingerprint density at radius 2 is 2.08 bits per heavy atom. The molecule has 3 aliphatic carbocycles. The molecule has 3 saturated carbocycles. The van der Waals surface area contributed by atoms with Gasteiger partial charge in [-0.3, -0.25) is 5.43 Å². The highest BCUT2D eigenvalue weighted by Crippen LogP contribution is 2.57. The normalized spacial score (nSPS) is 32.9. The van der Waals surface area contributed by atoms with Crippen molar-refractivity contribution in [2.45, 2.75) is 38.6 Å². The lowest BCUT2D eigenvalue weighted by Gasteiger charge is -2.25. The summed E-state index contributed by atoms with van der Waals surface area (Å²) in [4.78, 5) is 0. The smallest absolute Gasteiger partial charge is 0.231 e. The van der Waals surface area contributed by atoms with Crippen molar-refractivity contribution in [3.05, 3.63) is 23.8 Å². The lowest BCUT2D eigenvalue weighted by molar-refractivity contribution is 0.174. The van der Waals surface area contributed by atoms with Gasteiger partial charge in [0.15, 0.2) is 16.6 Å². The fourth-order valence-corrected chi connectivity index (χ4v) is 5.46. The summed E-state index contributed by atoms with van der Waals surface area (Å²) in [5.74, 6) is 5.08. The molecule has 4 atom stereocenters. The summed E-state index contributed by atoms with van der Waals surface area (Å²) in [6.07, 6.45) is 6.79. The number of hydrogen-bond donors (Lipinski definition) is 2. The third-order valence-corrected chi connectivity index (χ3v) is 6.63. The number of thiocarbonyl (C=S) groups is 1. The fourth-order valence-electron chi connectivity index (χ4n) is 5.34. The molecular formula is C19H23N3O2S. The second kappa shape index (κ2) is 6.16. The minimum atomic E-state index is 0.299. The van der Waals surface area contributed by atoms with E-state index in [1.165, 1.54) is 37.8 Å². The molecule has 4 unspecified atom stereocenters. The van der Waals surface area contributed by atoms with Gasteiger partial charge in [-0.05, 0) is 73.4 Å². The molecular weight excluding hydrogens is 334 g/mol. The van der Waals surface area contributed by atoms with Crippen molar-refractivity contribution in [2.24, 2.45) is 28.8 Å². The molecule has 1 heterocycles. The molecule has 0 aromatic heterocycles. The summed E-state index contributed by atoms with van der Waals surface area (Å²) in [6.45, 7) is 0.942. The minimum Gasteiger partial charge on any atom is -0.454 e. The molecule has 6 heteroatoms. The first-order chi connectivity index (χ1) is 12.3. The molecule has 0 spiro atoms. The third-order valence-electron chi connectivity index (χ3n) is 6.39. The largest absolute Gasteiger partial charge is 0.454 e. The van der Waals surface area contributed by atoms with Crippen LogP contribution in [0.5, 0.6) is 11.5 Å². The first-order valence-corrected chi connectivity index (χ1v) is 9.67. The van der Waals surface area contributed by atoms with Crippen LogP contribution in [0.1, 0.15) is 37.7 Å². The zero-order chi connectivity index (χ0) is 16.8. The average Bonchev–Trinajstić information content (AvgIpc) is 3.39. The van der Waals surface area contributed by atoms with Gasteiger partial charge < -0.3 is 14.8 Å². The second-order valence-corrected chi connectivity index (χ2v) is 8.06. The average molecular weight is 357 g/mol. The third kappa shape index (κ3) is 2.76. The Morgan fingerprint density at radius 3 is 3.04 bits per heavy atom. The summed E-state index contributed by atoms with van der Waals surface area (Å²) < 4.78 is 10.7. The van der Waals surface area contributed by atoms with E-state index in [1.54, 1.807) is 0 Å². The van der Waals surface area contributed by atoms with Gasteiger partial charge in [0, 0.05) is 18.2 Å². The van der Waals surface area contributed by atoms with Crippen molar-refractivity contribution in [2.75, 3.05) is 6.79 Å². The van der Waals surface area contributed by atoms with Crippen molar-refractivity contribution in [3.63, 3.8) is 0 Å². The quantitative estimate of drug-likeness (QED) is 0.643. The Kier molecular flexibility index (Phi) is 3.81. The number of rotatable bonds is 3. The molecule has 5 nitrogen and oxygen atoms in total. The summed E-state index contributed by atoms with van der Waals surface area (Å²) in [5.41, 5.74) is 5.52. The highest BCUT2D eigenvalue weighted by Gasteiger charge is 2.52. The summed E-state index contributed by atoms with van der Waals surface area (Å²) in [5, 5.41) is 8.46. The predicted octanol–water partition coefficient (Wildman–Crippen LogP) is 3.19. The van der Waals surface area contributed by atoms with Crippen LogP contribution in [0, 0.1) is 23.7 Å². The Bertz CT molecular complexity index is 735. The van der Waals surface area contributed by atoms with Crippen molar-refractivity contribution >= 4 is 23.0 Å². The van der Waals surface area contributed by atoms with Crippen LogP contribution in [-0.4, -0.2) is 17.6 Å². The zero-order valence-corrected chi connectivity index (χ0v) is 15.0. The van der Waals surface area contributed by atoms with Gasteiger partial charge in [-0.15, -0.1) is 0 Å². The van der Waals surface area contributed by atoms with Crippen molar-refractivity contribution in [1.82, 2.24) is 10.7 Å². The molecule has 2 bridgehead atoms. The summed E-state index contributed by atoms with van der Waals surface area (Å²) in [7, 11) is 0. The summed E-state index contributed by atoms with van der Waals surface area (Å²) in [6, 6.07) is 5.94. The highest BCUT2D eigenvalue weighted by atomic mass is 32.1. The lowest BCUT2D eigenvalue weighted by atomic mass is 9.81. The lowest BCUT2D eigenvalue weighted by Crippen LogP contribution is -2.34. The number of ether oxygens (including phenoxy) is 2. The minimum absolute atomic E-state index is 0.299. The molecule has 132 valence electrons. The van der Waals surface area contributed by atoms with Gasteiger partial charge in [0.05, 0.1) is 0 Å². The maximum absolute atomic E-state index is 5.40. The van der Waals surface area contributed by atoms with Gasteiger partial charge in [-0.25, -0.2) is 0 Å². The molecule has 5 rings (SSSR count). The van der Waals surface area contributed by atoms with Crippen LogP contribution in [-0.2, 0) is 6.54 Å². The maximum Gasteiger partial charge on any atom is 0.231 e. The molecule has 4 aliphatic rings. The monoisotopic (exact) mass is 357 g/mol. The Balaban J connectivity index is 1.15.